The summed E-state index contributed by atoms with van der Waals surface area (Å²) in [5.41, 5.74) is 9.92. The zero-order chi connectivity index (χ0) is 26.5. The molecule has 2 N–H and O–H groups in total. The number of amides is 1. The van der Waals surface area contributed by atoms with Crippen LogP contribution in [0.5, 0.6) is 0 Å². The van der Waals surface area contributed by atoms with Gasteiger partial charge in [0.15, 0.2) is 0 Å². The predicted octanol–water partition coefficient (Wildman–Crippen LogP) is 5.44. The average molecular weight is 517 g/mol. The topological polar surface area (TPSA) is 80.7 Å². The highest BCUT2D eigenvalue weighted by Gasteiger charge is 2.33. The molecule has 0 fully saturated rings. The molecule has 0 spiro atoms. The average Bonchev–Trinajstić information content (AvgIpc) is 2.90. The van der Waals surface area contributed by atoms with Crippen molar-refractivity contribution in [1.29, 1.82) is 0 Å². The Hall–Kier alpha value is -3.48. The first kappa shape index (κ1) is 26.6. The van der Waals surface area contributed by atoms with Gasteiger partial charge >= 0.3 is 0 Å². The van der Waals surface area contributed by atoms with Gasteiger partial charge in [-0.3, -0.25) is 14.0 Å². The van der Waals surface area contributed by atoms with Crippen molar-refractivity contribution >= 4 is 23.2 Å². The molecule has 0 saturated heterocycles. The van der Waals surface area contributed by atoms with Crippen molar-refractivity contribution in [3.05, 3.63) is 116 Å². The van der Waals surface area contributed by atoms with Gasteiger partial charge in [0.05, 0.1) is 11.7 Å². The van der Waals surface area contributed by atoms with E-state index in [2.05, 4.69) is 13.8 Å². The molecule has 192 valence electrons. The van der Waals surface area contributed by atoms with Gasteiger partial charge in [-0.05, 0) is 61.2 Å². The smallest absolute Gasteiger partial charge is 0.261 e. The van der Waals surface area contributed by atoms with Crippen LogP contribution in [0, 0.1) is 12.8 Å². The molecule has 0 aliphatic carbocycles. The van der Waals surface area contributed by atoms with E-state index < -0.39 is 6.04 Å². The first-order valence-corrected chi connectivity index (χ1v) is 13.0. The Balaban J connectivity index is 1.91. The van der Waals surface area contributed by atoms with Crippen molar-refractivity contribution in [2.45, 2.75) is 39.7 Å². The van der Waals surface area contributed by atoms with Crippen LogP contribution in [0.1, 0.15) is 59.1 Å². The zero-order valence-electron chi connectivity index (χ0n) is 21.5. The number of benzene rings is 2. The van der Waals surface area contributed by atoms with Crippen molar-refractivity contribution in [1.82, 2.24) is 14.3 Å². The van der Waals surface area contributed by atoms with Gasteiger partial charge in [0.1, 0.15) is 5.65 Å². The Morgan fingerprint density at radius 2 is 1.81 bits per heavy atom. The third-order valence-corrected chi connectivity index (χ3v) is 7.02. The molecular formula is C30H33ClN4O2. The Bertz CT molecular complexity index is 1450. The molecule has 0 bridgehead atoms. The number of hydrogen-bond acceptors (Lipinski definition) is 4. The number of nitrogens with zero attached hydrogens (tertiary/aromatic N) is 3. The van der Waals surface area contributed by atoms with E-state index in [1.54, 1.807) is 22.7 Å². The molecule has 37 heavy (non-hydrogen) atoms. The van der Waals surface area contributed by atoms with Crippen LogP contribution >= 0.6 is 11.6 Å². The Labute approximate surface area is 222 Å². The summed E-state index contributed by atoms with van der Waals surface area (Å²) in [5.74, 6) is -0.176. The normalized spacial score (nSPS) is 12.2. The van der Waals surface area contributed by atoms with E-state index in [1.807, 2.05) is 66.4 Å². The molecule has 0 saturated carbocycles. The molecule has 4 rings (SSSR count). The number of rotatable bonds is 9. The van der Waals surface area contributed by atoms with E-state index in [9.17, 15) is 9.59 Å². The predicted molar refractivity (Wildman–Crippen MR) is 149 cm³/mol. The number of nitrogens with two attached hydrogens (primary N) is 1. The fourth-order valence-electron chi connectivity index (χ4n) is 4.70. The van der Waals surface area contributed by atoms with Gasteiger partial charge in [-0.15, -0.1) is 0 Å². The van der Waals surface area contributed by atoms with Crippen LogP contribution in [0.2, 0.25) is 5.02 Å². The Kier molecular flexibility index (Phi) is 8.41. The van der Waals surface area contributed by atoms with Gasteiger partial charge in [0.25, 0.3) is 11.5 Å². The summed E-state index contributed by atoms with van der Waals surface area (Å²) in [6.07, 6.45) is 2.77. The minimum absolute atomic E-state index is 0.0183. The number of carbonyl (C=O) groups is 1. The fourth-order valence-corrected chi connectivity index (χ4v) is 4.88. The van der Waals surface area contributed by atoms with Crippen molar-refractivity contribution < 1.29 is 4.79 Å². The van der Waals surface area contributed by atoms with Crippen LogP contribution in [-0.2, 0) is 6.42 Å². The van der Waals surface area contributed by atoms with Crippen LogP contribution in [0.3, 0.4) is 0 Å². The maximum absolute atomic E-state index is 14.0. The quantitative estimate of drug-likeness (QED) is 0.321. The largest absolute Gasteiger partial charge is 0.330 e. The first-order chi connectivity index (χ1) is 17.8. The van der Waals surface area contributed by atoms with Gasteiger partial charge in [0.2, 0.25) is 0 Å². The molecule has 2 heterocycles. The minimum atomic E-state index is -0.434. The third-order valence-electron chi connectivity index (χ3n) is 6.61. The first-order valence-electron chi connectivity index (χ1n) is 12.6. The highest BCUT2D eigenvalue weighted by molar-refractivity contribution is 6.31. The van der Waals surface area contributed by atoms with Gasteiger partial charge in [-0.25, -0.2) is 4.98 Å². The molecule has 0 aliphatic heterocycles. The summed E-state index contributed by atoms with van der Waals surface area (Å²) in [7, 11) is 0. The Morgan fingerprint density at radius 3 is 2.49 bits per heavy atom. The lowest BCUT2D eigenvalue weighted by atomic mass is 9.92. The maximum Gasteiger partial charge on any atom is 0.261 e. The van der Waals surface area contributed by atoms with E-state index in [-0.39, 0.29) is 17.4 Å². The third kappa shape index (κ3) is 5.76. The second kappa shape index (κ2) is 11.7. The van der Waals surface area contributed by atoms with Crippen molar-refractivity contribution in [2.24, 2.45) is 11.7 Å². The van der Waals surface area contributed by atoms with Gasteiger partial charge in [-0.1, -0.05) is 67.9 Å². The SMILES string of the molecule is Cc1ccc(C(=O)N(CCCN)C(c2nc3ccccn3c(=O)c2Cc2ccccc2)C(C)C)cc1Cl. The van der Waals surface area contributed by atoms with Gasteiger partial charge in [-0.2, -0.15) is 0 Å². The fraction of sp³-hybridized carbons (Fsp3) is 0.300. The molecule has 7 heteroatoms. The molecule has 2 aromatic heterocycles. The molecule has 1 atom stereocenters. The highest BCUT2D eigenvalue weighted by Crippen LogP contribution is 2.32. The van der Waals surface area contributed by atoms with Gasteiger partial charge in [0, 0.05) is 35.3 Å². The highest BCUT2D eigenvalue weighted by atomic mass is 35.5. The lowest BCUT2D eigenvalue weighted by Crippen LogP contribution is -2.41. The molecule has 0 radical (unpaired) electrons. The second-order valence-electron chi connectivity index (χ2n) is 9.67. The van der Waals surface area contributed by atoms with Gasteiger partial charge < -0.3 is 10.6 Å². The summed E-state index contributed by atoms with van der Waals surface area (Å²) in [6.45, 7) is 6.88. The number of fused-ring (bicyclic) bond motifs is 1. The lowest BCUT2D eigenvalue weighted by Gasteiger charge is -2.35. The van der Waals surface area contributed by atoms with Crippen LogP contribution in [0.25, 0.3) is 5.65 Å². The molecule has 1 amide bonds. The molecule has 2 aromatic carbocycles. The maximum atomic E-state index is 14.0. The van der Waals surface area contributed by atoms with Crippen molar-refractivity contribution in [2.75, 3.05) is 13.1 Å². The molecular weight excluding hydrogens is 484 g/mol. The van der Waals surface area contributed by atoms with Crippen LogP contribution < -0.4 is 11.3 Å². The second-order valence-corrected chi connectivity index (χ2v) is 10.1. The number of halogens is 1. The molecule has 6 nitrogen and oxygen atoms in total. The summed E-state index contributed by atoms with van der Waals surface area (Å²) in [4.78, 5) is 34.6. The van der Waals surface area contributed by atoms with Crippen LogP contribution in [-0.4, -0.2) is 33.3 Å². The number of aromatic nitrogens is 2. The van der Waals surface area contributed by atoms with E-state index >= 15 is 0 Å². The number of aryl methyl sites for hydroxylation is 1. The van der Waals surface area contributed by atoms with Crippen molar-refractivity contribution in [3.8, 4) is 0 Å². The zero-order valence-corrected chi connectivity index (χ0v) is 22.3. The van der Waals surface area contributed by atoms with E-state index in [0.29, 0.717) is 53.4 Å². The summed E-state index contributed by atoms with van der Waals surface area (Å²) in [6, 6.07) is 20.3. The summed E-state index contributed by atoms with van der Waals surface area (Å²) < 4.78 is 1.57. The standard InChI is InChI=1S/C30H33ClN4O2/c1-20(2)28(35(17-9-15-32)29(36)23-14-13-21(3)25(31)19-23)27-24(18-22-10-5-4-6-11-22)30(37)34-16-8-7-12-26(34)33-27/h4-8,10-14,16,19-20,28H,9,15,17-18,32H2,1-3H3. The number of pyridine rings is 1. The monoisotopic (exact) mass is 516 g/mol. The van der Waals surface area contributed by atoms with Crippen LogP contribution in [0.4, 0.5) is 0 Å². The van der Waals surface area contributed by atoms with E-state index in [0.717, 1.165) is 11.1 Å². The van der Waals surface area contributed by atoms with E-state index in [4.69, 9.17) is 22.3 Å². The van der Waals surface area contributed by atoms with Crippen LogP contribution in [0.15, 0.2) is 77.7 Å². The number of hydrogen-bond donors (Lipinski definition) is 1. The summed E-state index contributed by atoms with van der Waals surface area (Å²) >= 11 is 6.38. The van der Waals surface area contributed by atoms with Crippen molar-refractivity contribution in [3.63, 3.8) is 0 Å². The molecule has 0 aliphatic rings. The minimum Gasteiger partial charge on any atom is -0.330 e. The molecule has 1 unspecified atom stereocenters. The summed E-state index contributed by atoms with van der Waals surface area (Å²) in [5, 5.41) is 0.539. The van der Waals surface area contributed by atoms with E-state index in [1.165, 1.54) is 0 Å². The number of carbonyl (C=O) groups excluding carboxylic acids is 1. The Morgan fingerprint density at radius 1 is 1.08 bits per heavy atom. The lowest BCUT2D eigenvalue weighted by molar-refractivity contribution is 0.0614. The molecule has 4 aromatic rings.